The molecule has 0 spiro atoms. The van der Waals surface area contributed by atoms with Crippen LogP contribution in [0.2, 0.25) is 15.1 Å². The Balaban J connectivity index is 1.42. The number of hydrogen-bond acceptors (Lipinski definition) is 4. The predicted molar refractivity (Wildman–Crippen MR) is 120 cm³/mol. The van der Waals surface area contributed by atoms with Crippen molar-refractivity contribution in [2.45, 2.75) is 13.3 Å². The fourth-order valence-electron chi connectivity index (χ4n) is 2.86. The largest absolute Gasteiger partial charge is 0.470 e. The van der Waals surface area contributed by atoms with Gasteiger partial charge in [-0.1, -0.05) is 53.0 Å². The lowest BCUT2D eigenvalue weighted by molar-refractivity contribution is 0.100. The molecule has 31 heavy (non-hydrogen) atoms. The maximum Gasteiger partial charge on any atom is 0.275 e. The van der Waals surface area contributed by atoms with Crippen molar-refractivity contribution < 1.29 is 9.53 Å². The van der Waals surface area contributed by atoms with Crippen LogP contribution in [0.5, 0.6) is 5.75 Å². The summed E-state index contributed by atoms with van der Waals surface area (Å²) in [6.07, 6.45) is 3.25. The molecule has 0 radical (unpaired) electrons. The Morgan fingerprint density at radius 1 is 0.968 bits per heavy atom. The molecular formula is C21H16Cl3N5O2. The van der Waals surface area contributed by atoms with E-state index in [1.165, 1.54) is 10.9 Å². The number of aromatic nitrogens is 4. The van der Waals surface area contributed by atoms with Crippen LogP contribution in [-0.2, 0) is 13.3 Å². The van der Waals surface area contributed by atoms with Crippen molar-refractivity contribution in [3.63, 3.8) is 0 Å². The first-order chi connectivity index (χ1) is 15.0. The van der Waals surface area contributed by atoms with Crippen LogP contribution in [0.15, 0.2) is 67.0 Å². The summed E-state index contributed by atoms with van der Waals surface area (Å²) in [5.74, 6) is 0.511. The maximum absolute atomic E-state index is 12.7. The minimum Gasteiger partial charge on any atom is -0.470 e. The number of ether oxygens (including phenoxy) is 1. The van der Waals surface area contributed by atoms with E-state index < -0.39 is 0 Å². The van der Waals surface area contributed by atoms with Crippen molar-refractivity contribution in [3.8, 4) is 5.75 Å². The summed E-state index contributed by atoms with van der Waals surface area (Å²) < 4.78 is 8.73. The summed E-state index contributed by atoms with van der Waals surface area (Å²) in [7, 11) is 0. The van der Waals surface area contributed by atoms with E-state index in [0.29, 0.717) is 38.9 Å². The molecule has 0 aliphatic rings. The Morgan fingerprint density at radius 2 is 1.71 bits per heavy atom. The van der Waals surface area contributed by atoms with E-state index in [2.05, 4.69) is 15.5 Å². The zero-order valence-corrected chi connectivity index (χ0v) is 18.3. The molecule has 1 N–H and O–H groups in total. The van der Waals surface area contributed by atoms with E-state index in [0.717, 1.165) is 5.56 Å². The van der Waals surface area contributed by atoms with Crippen LogP contribution in [0, 0.1) is 0 Å². The zero-order chi connectivity index (χ0) is 21.8. The van der Waals surface area contributed by atoms with Crippen LogP contribution in [0.3, 0.4) is 0 Å². The second-order valence-corrected chi connectivity index (χ2v) is 7.69. The molecule has 0 aliphatic carbocycles. The average Bonchev–Trinajstić information content (AvgIpc) is 3.39. The minimum absolute atomic E-state index is 0.0267. The van der Waals surface area contributed by atoms with Gasteiger partial charge in [-0.25, -0.2) is 4.68 Å². The summed E-state index contributed by atoms with van der Waals surface area (Å²) in [5, 5.41) is 12.8. The fourth-order valence-corrected chi connectivity index (χ4v) is 3.57. The third kappa shape index (κ3) is 5.02. The minimum atomic E-state index is -0.374. The smallest absolute Gasteiger partial charge is 0.275 e. The number of hydrogen-bond donors (Lipinski definition) is 1. The summed E-state index contributed by atoms with van der Waals surface area (Å²) >= 11 is 18.5. The summed E-state index contributed by atoms with van der Waals surface area (Å²) in [6.45, 7) is 0.400. The van der Waals surface area contributed by atoms with Gasteiger partial charge in [0, 0.05) is 34.1 Å². The lowest BCUT2D eigenvalue weighted by atomic mass is 10.2. The first-order valence-corrected chi connectivity index (χ1v) is 10.3. The third-order valence-electron chi connectivity index (χ3n) is 4.39. The van der Waals surface area contributed by atoms with Crippen molar-refractivity contribution in [1.29, 1.82) is 0 Å². The first-order valence-electron chi connectivity index (χ1n) is 9.18. The molecule has 10 heteroatoms. The Morgan fingerprint density at radius 3 is 2.48 bits per heavy atom. The topological polar surface area (TPSA) is 74.0 Å². The number of nitrogens with zero attached hydrogens (tertiary/aromatic N) is 4. The van der Waals surface area contributed by atoms with E-state index in [-0.39, 0.29) is 12.6 Å². The summed E-state index contributed by atoms with van der Waals surface area (Å²) in [5.41, 5.74) is 1.07. The van der Waals surface area contributed by atoms with E-state index in [1.54, 1.807) is 59.4 Å². The van der Waals surface area contributed by atoms with Gasteiger partial charge in [-0.2, -0.15) is 10.2 Å². The highest BCUT2D eigenvalue weighted by molar-refractivity contribution is 6.36. The maximum atomic E-state index is 12.7. The zero-order valence-electron chi connectivity index (χ0n) is 16.0. The average molecular weight is 477 g/mol. The molecule has 158 valence electrons. The number of halogens is 3. The molecule has 0 saturated heterocycles. The van der Waals surface area contributed by atoms with Gasteiger partial charge in [0.2, 0.25) is 0 Å². The number of carbonyl (C=O) groups is 1. The van der Waals surface area contributed by atoms with Crippen LogP contribution in [0.1, 0.15) is 16.1 Å². The molecule has 0 aliphatic heterocycles. The van der Waals surface area contributed by atoms with Gasteiger partial charge < -0.3 is 10.1 Å². The SMILES string of the molecule is O=C(Nc1ccn(Cc2c(Cl)cccc2Cl)n1)c1ccnn1COc1ccccc1Cl. The molecule has 2 aromatic carbocycles. The van der Waals surface area contributed by atoms with Gasteiger partial charge in [0.1, 0.15) is 11.4 Å². The molecule has 0 atom stereocenters. The lowest BCUT2D eigenvalue weighted by Crippen LogP contribution is -2.20. The van der Waals surface area contributed by atoms with Gasteiger partial charge in [0.15, 0.2) is 12.5 Å². The van der Waals surface area contributed by atoms with Gasteiger partial charge in [0.25, 0.3) is 5.91 Å². The van der Waals surface area contributed by atoms with Gasteiger partial charge in [-0.15, -0.1) is 0 Å². The second kappa shape index (κ2) is 9.43. The van der Waals surface area contributed by atoms with Gasteiger partial charge in [0.05, 0.1) is 11.6 Å². The van der Waals surface area contributed by atoms with Crippen LogP contribution >= 0.6 is 34.8 Å². The molecule has 0 fully saturated rings. The molecule has 2 aromatic heterocycles. The highest BCUT2D eigenvalue weighted by atomic mass is 35.5. The van der Waals surface area contributed by atoms with Crippen LogP contribution < -0.4 is 10.1 Å². The van der Waals surface area contributed by atoms with Crippen LogP contribution in [0.4, 0.5) is 5.82 Å². The number of para-hydroxylation sites is 1. The quantitative estimate of drug-likeness (QED) is 0.389. The number of rotatable bonds is 7. The standard InChI is InChI=1S/C21H16Cl3N5O2/c22-15-5-3-6-16(23)14(15)12-28-11-9-20(27-28)26-21(30)18-8-10-25-29(18)13-31-19-7-2-1-4-17(19)24/h1-11H,12-13H2,(H,26,27,30). The van der Waals surface area contributed by atoms with Crippen molar-refractivity contribution in [3.05, 3.63) is 93.3 Å². The molecular weight excluding hydrogens is 461 g/mol. The monoisotopic (exact) mass is 475 g/mol. The van der Waals surface area contributed by atoms with Gasteiger partial charge >= 0.3 is 0 Å². The highest BCUT2D eigenvalue weighted by Crippen LogP contribution is 2.25. The second-order valence-electron chi connectivity index (χ2n) is 6.47. The summed E-state index contributed by atoms with van der Waals surface area (Å²) in [4.78, 5) is 12.7. The molecule has 0 saturated carbocycles. The van der Waals surface area contributed by atoms with E-state index in [4.69, 9.17) is 39.5 Å². The summed E-state index contributed by atoms with van der Waals surface area (Å²) in [6, 6.07) is 15.7. The molecule has 4 aromatic rings. The first kappa shape index (κ1) is 21.2. The number of nitrogens with one attached hydrogen (secondary N) is 1. The number of amides is 1. The van der Waals surface area contributed by atoms with Crippen molar-refractivity contribution >= 4 is 46.5 Å². The van der Waals surface area contributed by atoms with Crippen molar-refractivity contribution in [1.82, 2.24) is 19.6 Å². The molecule has 1 amide bonds. The molecule has 7 nitrogen and oxygen atoms in total. The van der Waals surface area contributed by atoms with E-state index in [1.807, 2.05) is 6.07 Å². The molecule has 2 heterocycles. The van der Waals surface area contributed by atoms with Crippen LogP contribution in [-0.4, -0.2) is 25.5 Å². The van der Waals surface area contributed by atoms with E-state index in [9.17, 15) is 4.79 Å². The van der Waals surface area contributed by atoms with Gasteiger partial charge in [-0.3, -0.25) is 9.48 Å². The Kier molecular flexibility index (Phi) is 6.46. The predicted octanol–water partition coefficient (Wildman–Crippen LogP) is 5.38. The molecule has 4 rings (SSSR count). The van der Waals surface area contributed by atoms with Crippen molar-refractivity contribution in [2.75, 3.05) is 5.32 Å². The number of anilines is 1. The van der Waals surface area contributed by atoms with Crippen molar-refractivity contribution in [2.24, 2.45) is 0 Å². The fraction of sp³-hybridized carbons (Fsp3) is 0.0952. The van der Waals surface area contributed by atoms with E-state index >= 15 is 0 Å². The third-order valence-corrected chi connectivity index (χ3v) is 5.41. The number of benzene rings is 2. The normalized spacial score (nSPS) is 10.8. The van der Waals surface area contributed by atoms with Crippen LogP contribution in [0.25, 0.3) is 0 Å². The molecule has 0 unspecified atom stereocenters. The number of carbonyl (C=O) groups excluding carboxylic acids is 1. The lowest BCUT2D eigenvalue weighted by Gasteiger charge is -2.10. The van der Waals surface area contributed by atoms with Gasteiger partial charge in [-0.05, 0) is 30.3 Å². The highest BCUT2D eigenvalue weighted by Gasteiger charge is 2.15. The Hall–Kier alpha value is -3.00. The Bertz CT molecular complexity index is 1200. The Labute approximate surface area is 193 Å². The molecule has 0 bridgehead atoms.